The van der Waals surface area contributed by atoms with E-state index in [2.05, 4.69) is 41.5 Å². The maximum absolute atomic E-state index is 14.3. The maximum Gasteiger partial charge on any atom is 0.337 e. The molecule has 0 aliphatic rings. The van der Waals surface area contributed by atoms with E-state index in [9.17, 15) is 28.8 Å². The van der Waals surface area contributed by atoms with Crippen molar-refractivity contribution in [2.24, 2.45) is 0 Å². The Morgan fingerprint density at radius 2 is 0.457 bits per heavy atom. The first-order valence-electron chi connectivity index (χ1n) is 35.4. The number of carbonyl (C=O) groups excluding carboxylic acids is 6. The van der Waals surface area contributed by atoms with Crippen LogP contribution in [0.25, 0.3) is 21.5 Å². The van der Waals surface area contributed by atoms with E-state index in [0.717, 1.165) is 154 Å². The van der Waals surface area contributed by atoms with Crippen molar-refractivity contribution >= 4 is 57.4 Å². The zero-order valence-corrected chi connectivity index (χ0v) is 58.6. The van der Waals surface area contributed by atoms with Gasteiger partial charge in [0, 0.05) is 10.8 Å². The first-order valence-corrected chi connectivity index (χ1v) is 35.4. The fraction of sp³-hybridized carbons (Fsp3) is 0.730. The number of hydrogen-bond donors (Lipinski definition) is 0. The van der Waals surface area contributed by atoms with E-state index < -0.39 is 87.0 Å². The highest BCUT2D eigenvalue weighted by Crippen LogP contribution is 2.51. The molecule has 0 heterocycles. The molecule has 0 saturated carbocycles. The predicted octanol–water partition coefficient (Wildman–Crippen LogP) is 17.7. The Balaban J connectivity index is 2.46. The van der Waals surface area contributed by atoms with Crippen LogP contribution in [0.1, 0.15) is 276 Å². The minimum Gasteiger partial charge on any atom is -0.421 e. The molecule has 6 atom stereocenters. The van der Waals surface area contributed by atoms with Gasteiger partial charge in [-0.05, 0) is 115 Å². The molecule has 0 unspecified atom stereocenters. The highest BCUT2D eigenvalue weighted by Gasteiger charge is 2.31. The molecular formula is C74H118O18. The van der Waals surface area contributed by atoms with E-state index in [1.807, 2.05) is 41.5 Å². The van der Waals surface area contributed by atoms with Crippen molar-refractivity contribution in [1.82, 2.24) is 0 Å². The van der Waals surface area contributed by atoms with Gasteiger partial charge in [-0.2, -0.15) is 0 Å². The topological polar surface area (TPSA) is 213 Å². The van der Waals surface area contributed by atoms with Gasteiger partial charge in [-0.1, -0.05) is 196 Å². The van der Waals surface area contributed by atoms with Gasteiger partial charge in [-0.15, -0.1) is 0 Å². The summed E-state index contributed by atoms with van der Waals surface area (Å²) in [5.41, 5.74) is 0. The van der Waals surface area contributed by atoms with Crippen molar-refractivity contribution in [1.29, 1.82) is 0 Å². The number of carbonyl (C=O) groups is 6. The van der Waals surface area contributed by atoms with Crippen LogP contribution < -0.4 is 28.4 Å². The molecule has 3 aromatic rings. The second-order valence-corrected chi connectivity index (χ2v) is 25.0. The van der Waals surface area contributed by atoms with Gasteiger partial charge in [-0.25, -0.2) is 28.8 Å². The Kier molecular flexibility index (Phi) is 42.7. The van der Waals surface area contributed by atoms with Crippen LogP contribution in [0.15, 0.2) is 24.3 Å². The van der Waals surface area contributed by atoms with Crippen LogP contribution in [-0.4, -0.2) is 112 Å². The number of ether oxygens (including phenoxy) is 12. The number of hydrogen-bond acceptors (Lipinski definition) is 18. The van der Waals surface area contributed by atoms with E-state index in [0.29, 0.717) is 38.5 Å². The molecule has 0 aromatic heterocycles. The first-order chi connectivity index (χ1) is 44.4. The normalized spacial score (nSPS) is 13.5. The van der Waals surface area contributed by atoms with E-state index in [4.69, 9.17) is 56.8 Å². The molecule has 0 N–H and O–H groups in total. The van der Waals surface area contributed by atoms with Crippen LogP contribution in [0.4, 0.5) is 0 Å². The van der Waals surface area contributed by atoms with E-state index in [1.54, 1.807) is 0 Å². The second-order valence-electron chi connectivity index (χ2n) is 25.0. The molecule has 18 nitrogen and oxygen atoms in total. The van der Waals surface area contributed by atoms with Crippen LogP contribution in [0, 0.1) is 0 Å². The Bertz CT molecular complexity index is 2420. The highest BCUT2D eigenvalue weighted by atomic mass is 16.6. The quantitative estimate of drug-likeness (QED) is 0.0222. The number of rotatable bonds is 54. The molecular weight excluding hydrogens is 1180 g/mol. The zero-order valence-electron chi connectivity index (χ0n) is 58.6. The Morgan fingerprint density at radius 1 is 0.261 bits per heavy atom. The molecule has 0 spiro atoms. The highest BCUT2D eigenvalue weighted by molar-refractivity contribution is 6.15. The zero-order chi connectivity index (χ0) is 67.5. The summed E-state index contributed by atoms with van der Waals surface area (Å²) in [6.45, 7) is 21.0. The molecule has 18 heteroatoms. The average Bonchev–Trinajstić information content (AvgIpc) is 0.739. The average molecular weight is 1300 g/mol. The Hall–Kier alpha value is -5.24. The Morgan fingerprint density at radius 3 is 0.663 bits per heavy atom. The fourth-order valence-electron chi connectivity index (χ4n) is 10.5. The van der Waals surface area contributed by atoms with Gasteiger partial charge < -0.3 is 56.8 Å². The first kappa shape index (κ1) is 81.0. The molecule has 0 fully saturated rings. The van der Waals surface area contributed by atoms with Crippen LogP contribution in [-0.2, 0) is 57.2 Å². The monoisotopic (exact) mass is 1290 g/mol. The summed E-state index contributed by atoms with van der Waals surface area (Å²) in [4.78, 5) is 85.1. The smallest absolute Gasteiger partial charge is 0.337 e. The molecule has 0 amide bonds. The molecule has 3 rings (SSSR count). The minimum atomic E-state index is -0.881. The minimum absolute atomic E-state index is 0.129. The van der Waals surface area contributed by atoms with Gasteiger partial charge in [0.1, 0.15) is 39.6 Å². The number of esters is 6. The maximum atomic E-state index is 14.3. The predicted molar refractivity (Wildman–Crippen MR) is 360 cm³/mol. The van der Waals surface area contributed by atoms with Gasteiger partial charge in [0.05, 0.1) is 36.6 Å². The third-order valence-electron chi connectivity index (χ3n) is 16.2. The second kappa shape index (κ2) is 48.5. The molecule has 0 aliphatic heterocycles. The van der Waals surface area contributed by atoms with Crippen molar-refractivity contribution in [2.45, 2.75) is 312 Å². The molecule has 522 valence electrons. The van der Waals surface area contributed by atoms with Gasteiger partial charge in [-0.3, -0.25) is 0 Å². The van der Waals surface area contributed by atoms with Crippen LogP contribution in [0.2, 0.25) is 0 Å². The number of benzene rings is 3. The molecule has 0 bridgehead atoms. The van der Waals surface area contributed by atoms with Crippen LogP contribution in [0.3, 0.4) is 0 Å². The van der Waals surface area contributed by atoms with E-state index in [-0.39, 0.29) is 81.2 Å². The largest absolute Gasteiger partial charge is 0.421 e. The molecule has 0 aliphatic carbocycles. The van der Waals surface area contributed by atoms with Gasteiger partial charge in [0.25, 0.3) is 0 Å². The van der Waals surface area contributed by atoms with Gasteiger partial charge in [0.15, 0.2) is 23.0 Å². The third kappa shape index (κ3) is 33.2. The lowest BCUT2D eigenvalue weighted by molar-refractivity contribution is -0.145. The standard InChI is InChI=1S/C74H118O18/c1-13-19-25-31-37-53(7)81-47-65(75)87-63-45-61-59(71(89-67(77)49-83-55(9)39-33-27-21-15-3)73(63)91-69(79)51-85-57(11)41-35-29-23-17-5)43-44-60-62(61)46-64(88-66(76)48-82-54(8)38-32-26-20-14-2)74(92-70(80)52-86-58(12)42-36-30-24-18-6)72(60)90-68(78)50-84-56(10)40-34-28-22-16-4/h43-46,53-58H,13-42,47-52H2,1-12H3/t53-,54-,55-,56-,57-,58-/m0/s1. The molecule has 92 heavy (non-hydrogen) atoms. The summed E-state index contributed by atoms with van der Waals surface area (Å²) in [6.07, 6.45) is 26.6. The van der Waals surface area contributed by atoms with Crippen molar-refractivity contribution in [2.75, 3.05) is 39.6 Å². The summed E-state index contributed by atoms with van der Waals surface area (Å²) in [7, 11) is 0. The molecule has 3 aromatic carbocycles. The summed E-state index contributed by atoms with van der Waals surface area (Å²) in [5, 5.41) is 0.567. The number of unbranched alkanes of at least 4 members (excludes halogenated alkanes) is 18. The fourth-order valence-corrected chi connectivity index (χ4v) is 10.5. The van der Waals surface area contributed by atoms with Crippen LogP contribution >= 0.6 is 0 Å². The lowest BCUT2D eigenvalue weighted by Gasteiger charge is -2.21. The van der Waals surface area contributed by atoms with E-state index >= 15 is 0 Å². The van der Waals surface area contributed by atoms with Gasteiger partial charge >= 0.3 is 35.8 Å². The van der Waals surface area contributed by atoms with E-state index in [1.165, 1.54) is 24.3 Å². The van der Waals surface area contributed by atoms with Gasteiger partial charge in [0.2, 0.25) is 11.5 Å². The lowest BCUT2D eigenvalue weighted by atomic mass is 9.98. The summed E-state index contributed by atoms with van der Waals surface area (Å²) >= 11 is 0. The summed E-state index contributed by atoms with van der Waals surface area (Å²) < 4.78 is 73.0. The van der Waals surface area contributed by atoms with Crippen molar-refractivity contribution < 1.29 is 85.6 Å². The van der Waals surface area contributed by atoms with Crippen molar-refractivity contribution in [3.63, 3.8) is 0 Å². The van der Waals surface area contributed by atoms with Crippen molar-refractivity contribution in [3.05, 3.63) is 24.3 Å². The third-order valence-corrected chi connectivity index (χ3v) is 16.2. The van der Waals surface area contributed by atoms with Crippen molar-refractivity contribution in [3.8, 4) is 34.5 Å². The summed E-state index contributed by atoms with van der Waals surface area (Å²) in [5.74, 6) is -7.47. The summed E-state index contributed by atoms with van der Waals surface area (Å²) in [6, 6.07) is 5.87. The number of fused-ring (bicyclic) bond motifs is 3. The molecule has 0 saturated heterocycles. The van der Waals surface area contributed by atoms with Crippen LogP contribution in [0.5, 0.6) is 34.5 Å². The lowest BCUT2D eigenvalue weighted by Crippen LogP contribution is -2.24. The Labute approximate surface area is 551 Å². The molecule has 0 radical (unpaired) electrons. The SMILES string of the molecule is CCCCCC[C@H](C)OCC(=O)Oc1cc2c(ccc3c(OC(=O)CO[C@@H](C)CCCCCC)c(OC(=O)CO[C@@H](C)CCCCCC)c(OC(=O)CO[C@@H](C)CCCCCC)cc32)c(OC(=O)CO[C@@H](C)CCCCCC)c1OC(=O)CO[C@@H](C)CCCCCC.